The zero-order valence-electron chi connectivity index (χ0n) is 31.9. The minimum atomic E-state index is -0.780. The van der Waals surface area contributed by atoms with Crippen LogP contribution in [0.2, 0.25) is 0 Å². The van der Waals surface area contributed by atoms with E-state index in [0.29, 0.717) is 12.8 Å². The summed E-state index contributed by atoms with van der Waals surface area (Å²) >= 11 is 0. The van der Waals surface area contributed by atoms with Gasteiger partial charge in [0.1, 0.15) is 6.61 Å². The topological polar surface area (TPSA) is 72.8 Å². The predicted molar refractivity (Wildman–Crippen MR) is 214 cm³/mol. The molecule has 0 amide bonds. The van der Waals surface area contributed by atoms with Crippen LogP contribution in [-0.4, -0.2) is 36.4 Å². The summed E-state index contributed by atoms with van der Waals surface area (Å²) in [7, 11) is 0. The monoisotopic (exact) mass is 693 g/mol. The molecule has 0 radical (unpaired) electrons. The highest BCUT2D eigenvalue weighted by molar-refractivity contribution is 5.70. The quantitative estimate of drug-likeness (QED) is 0.0413. The van der Waals surface area contributed by atoms with Crippen molar-refractivity contribution in [1.29, 1.82) is 0 Å². The predicted octanol–water partition coefficient (Wildman–Crippen LogP) is 12.5. The van der Waals surface area contributed by atoms with Crippen molar-refractivity contribution in [1.82, 2.24) is 0 Å². The third-order valence-electron chi connectivity index (χ3n) is 7.89. The Morgan fingerprint density at radius 2 is 0.860 bits per heavy atom. The number of hydrogen-bond donors (Lipinski definition) is 1. The summed E-state index contributed by atoms with van der Waals surface area (Å²) in [5, 5.41) is 9.46. The molecule has 1 atom stereocenters. The molecule has 0 aliphatic heterocycles. The number of aliphatic hydroxyl groups is 1. The van der Waals surface area contributed by atoms with Crippen LogP contribution in [0.1, 0.15) is 155 Å². The van der Waals surface area contributed by atoms with E-state index in [9.17, 15) is 14.7 Å². The number of rotatable bonds is 34. The van der Waals surface area contributed by atoms with Gasteiger partial charge in [-0.2, -0.15) is 0 Å². The van der Waals surface area contributed by atoms with Crippen LogP contribution in [0.4, 0.5) is 0 Å². The molecule has 1 N–H and O–H groups in total. The maximum Gasteiger partial charge on any atom is 0.306 e. The van der Waals surface area contributed by atoms with Gasteiger partial charge < -0.3 is 14.6 Å². The highest BCUT2D eigenvalue weighted by Crippen LogP contribution is 2.11. The van der Waals surface area contributed by atoms with Gasteiger partial charge in [0.2, 0.25) is 0 Å². The first-order valence-electron chi connectivity index (χ1n) is 19.8. The van der Waals surface area contributed by atoms with Gasteiger partial charge in [-0.15, -0.1) is 0 Å². The van der Waals surface area contributed by atoms with Gasteiger partial charge in [-0.3, -0.25) is 9.59 Å². The summed E-state index contributed by atoms with van der Waals surface area (Å²) in [5.41, 5.74) is 0. The van der Waals surface area contributed by atoms with Crippen LogP contribution >= 0.6 is 0 Å². The Bertz CT molecular complexity index is 1010. The maximum absolute atomic E-state index is 12.1. The number of unbranched alkanes of at least 4 members (excludes halogenated alkanes) is 10. The van der Waals surface area contributed by atoms with Gasteiger partial charge in [-0.05, 0) is 77.0 Å². The molecular weight excluding hydrogens is 620 g/mol. The van der Waals surface area contributed by atoms with Crippen molar-refractivity contribution in [3.63, 3.8) is 0 Å². The molecule has 0 bridgehead atoms. The number of allylic oxidation sites excluding steroid dienone is 16. The Morgan fingerprint density at radius 3 is 1.30 bits per heavy atom. The lowest BCUT2D eigenvalue weighted by Gasteiger charge is -2.15. The van der Waals surface area contributed by atoms with Crippen molar-refractivity contribution < 1.29 is 24.2 Å². The molecule has 5 nitrogen and oxygen atoms in total. The van der Waals surface area contributed by atoms with Crippen LogP contribution < -0.4 is 0 Å². The van der Waals surface area contributed by atoms with E-state index >= 15 is 0 Å². The Labute approximate surface area is 307 Å². The second-order valence-corrected chi connectivity index (χ2v) is 12.6. The van der Waals surface area contributed by atoms with Gasteiger partial charge in [0.05, 0.1) is 6.61 Å². The molecule has 5 heteroatoms. The lowest BCUT2D eigenvalue weighted by atomic mass is 10.1. The van der Waals surface area contributed by atoms with Crippen LogP contribution in [0.5, 0.6) is 0 Å². The van der Waals surface area contributed by atoms with E-state index < -0.39 is 6.10 Å². The smallest absolute Gasteiger partial charge is 0.306 e. The van der Waals surface area contributed by atoms with Crippen LogP contribution in [0.3, 0.4) is 0 Å². The van der Waals surface area contributed by atoms with Gasteiger partial charge in [0, 0.05) is 12.8 Å². The maximum atomic E-state index is 12.1. The second-order valence-electron chi connectivity index (χ2n) is 12.6. The second kappa shape index (κ2) is 40.3. The molecule has 50 heavy (non-hydrogen) atoms. The Kier molecular flexibility index (Phi) is 37.7. The average molecular weight is 693 g/mol. The molecule has 282 valence electrons. The van der Waals surface area contributed by atoms with Crippen molar-refractivity contribution in [3.05, 3.63) is 97.2 Å². The van der Waals surface area contributed by atoms with Gasteiger partial charge in [0.15, 0.2) is 6.10 Å². The minimum Gasteiger partial charge on any atom is -0.462 e. The fraction of sp³-hybridized carbons (Fsp3) is 0.600. The number of carbonyl (C=O) groups is 2. The first kappa shape index (κ1) is 46.8. The summed E-state index contributed by atoms with van der Waals surface area (Å²) in [4.78, 5) is 23.9. The summed E-state index contributed by atoms with van der Waals surface area (Å²) < 4.78 is 10.5. The molecule has 0 aromatic rings. The van der Waals surface area contributed by atoms with Crippen molar-refractivity contribution in [2.75, 3.05) is 13.2 Å². The fourth-order valence-corrected chi connectivity index (χ4v) is 4.92. The summed E-state index contributed by atoms with van der Waals surface area (Å²) in [6, 6.07) is 0. The molecule has 0 aromatic heterocycles. The van der Waals surface area contributed by atoms with E-state index in [4.69, 9.17) is 9.47 Å². The Hall–Kier alpha value is -3.18. The van der Waals surface area contributed by atoms with E-state index in [-0.39, 0.29) is 25.2 Å². The molecule has 0 aliphatic rings. The normalized spacial score (nSPS) is 13.3. The highest BCUT2D eigenvalue weighted by atomic mass is 16.6. The van der Waals surface area contributed by atoms with E-state index in [0.717, 1.165) is 96.3 Å². The Balaban J connectivity index is 3.63. The van der Waals surface area contributed by atoms with E-state index in [2.05, 4.69) is 111 Å². The van der Waals surface area contributed by atoms with Crippen molar-refractivity contribution in [3.8, 4) is 0 Å². The van der Waals surface area contributed by atoms with Crippen molar-refractivity contribution in [2.45, 2.75) is 161 Å². The SMILES string of the molecule is CC/C=C\C/C=C\C/C=C\C/C=C\C/C=C\C/C=C\C/C=C\C/C=C\CCCCCCCCC(=O)OC(CO)COC(=O)CCCCCCC. The minimum absolute atomic E-state index is 0.0783. The van der Waals surface area contributed by atoms with E-state index in [1.54, 1.807) is 0 Å². The van der Waals surface area contributed by atoms with Crippen LogP contribution in [0.15, 0.2) is 97.2 Å². The lowest BCUT2D eigenvalue weighted by Crippen LogP contribution is -2.28. The first-order chi connectivity index (χ1) is 24.6. The molecule has 0 rings (SSSR count). The van der Waals surface area contributed by atoms with E-state index in [1.165, 1.54) is 32.1 Å². The summed E-state index contributed by atoms with van der Waals surface area (Å²) in [5.74, 6) is -0.632. The molecule has 0 fully saturated rings. The molecule has 0 spiro atoms. The molecule has 0 aliphatic carbocycles. The van der Waals surface area contributed by atoms with Gasteiger partial charge in [-0.25, -0.2) is 0 Å². The van der Waals surface area contributed by atoms with Crippen LogP contribution in [0, 0.1) is 0 Å². The third kappa shape index (κ3) is 37.6. The van der Waals surface area contributed by atoms with Crippen molar-refractivity contribution >= 4 is 11.9 Å². The summed E-state index contributed by atoms with van der Waals surface area (Å²) in [6.45, 7) is 3.89. The van der Waals surface area contributed by atoms with Gasteiger partial charge >= 0.3 is 11.9 Å². The fourth-order valence-electron chi connectivity index (χ4n) is 4.92. The molecule has 0 saturated heterocycles. The third-order valence-corrected chi connectivity index (χ3v) is 7.89. The van der Waals surface area contributed by atoms with Gasteiger partial charge in [0.25, 0.3) is 0 Å². The number of esters is 2. The largest absolute Gasteiger partial charge is 0.462 e. The molecule has 0 aromatic carbocycles. The molecule has 0 saturated carbocycles. The number of carbonyl (C=O) groups excluding carboxylic acids is 2. The number of ether oxygens (including phenoxy) is 2. The van der Waals surface area contributed by atoms with Crippen molar-refractivity contribution in [2.24, 2.45) is 0 Å². The lowest BCUT2D eigenvalue weighted by molar-refractivity contribution is -0.161. The van der Waals surface area contributed by atoms with E-state index in [1.807, 2.05) is 0 Å². The van der Waals surface area contributed by atoms with Gasteiger partial charge in [-0.1, -0.05) is 162 Å². The van der Waals surface area contributed by atoms with Crippen LogP contribution in [-0.2, 0) is 19.1 Å². The average Bonchev–Trinajstić information content (AvgIpc) is 3.12. The molecule has 1 unspecified atom stereocenters. The zero-order chi connectivity index (χ0) is 36.4. The number of hydrogen-bond acceptors (Lipinski definition) is 5. The first-order valence-corrected chi connectivity index (χ1v) is 19.8. The molecule has 0 heterocycles. The van der Waals surface area contributed by atoms with Crippen LogP contribution in [0.25, 0.3) is 0 Å². The number of aliphatic hydroxyl groups excluding tert-OH is 1. The zero-order valence-corrected chi connectivity index (χ0v) is 31.9. The highest BCUT2D eigenvalue weighted by Gasteiger charge is 2.16. The Morgan fingerprint density at radius 1 is 0.480 bits per heavy atom. The summed E-state index contributed by atoms with van der Waals surface area (Å²) in [6.07, 6.45) is 56.5. The standard InChI is InChI=1S/C45H72O5/c1-3-5-7-9-10-11-12-13-14-15-16-17-18-19-20-21-22-23-24-25-26-27-28-29-30-31-32-33-34-36-38-40-45(48)50-43(41-46)42-49-44(47)39-37-35-8-6-4-2/h5,7,10-11,13-14,16-17,19-20,22-23,25-26,28-29,43,46H,3-4,6,8-9,12,15,18,21,24,27,30-42H2,1-2H3/b7-5-,11-10-,14-13-,17-16-,20-19-,23-22-,26-25-,29-28-. The molecular formula is C45H72O5.